The minimum Gasteiger partial charge on any atom is -0.493 e. The molecule has 2 rings (SSSR count). The van der Waals surface area contributed by atoms with Crippen LogP contribution < -0.4 is 14.8 Å². The number of amides is 1. The highest BCUT2D eigenvalue weighted by Crippen LogP contribution is 2.19. The van der Waals surface area contributed by atoms with Crippen molar-refractivity contribution in [1.82, 2.24) is 5.32 Å². The second-order valence-electron chi connectivity index (χ2n) is 5.11. The molecule has 1 amide bonds. The minimum atomic E-state index is -0.503. The third-order valence-electron chi connectivity index (χ3n) is 3.29. The summed E-state index contributed by atoms with van der Waals surface area (Å²) < 4.78 is 10.7. The zero-order valence-corrected chi connectivity index (χ0v) is 14.3. The predicted octanol–water partition coefficient (Wildman–Crippen LogP) is 3.45. The van der Waals surface area contributed by atoms with Crippen LogP contribution in [0.4, 0.5) is 0 Å². The first kappa shape index (κ1) is 18.3. The number of carbonyl (C=O) groups is 2. The number of para-hydroxylation sites is 1. The minimum absolute atomic E-state index is 0.159. The number of rotatable bonds is 7. The van der Waals surface area contributed by atoms with E-state index < -0.39 is 5.97 Å². The van der Waals surface area contributed by atoms with Crippen molar-refractivity contribution in [2.24, 2.45) is 0 Å². The molecule has 5 heteroatoms. The van der Waals surface area contributed by atoms with Gasteiger partial charge in [-0.2, -0.15) is 0 Å². The van der Waals surface area contributed by atoms with Crippen LogP contribution in [0.25, 0.3) is 6.08 Å². The third kappa shape index (κ3) is 5.49. The maximum absolute atomic E-state index is 11.9. The summed E-state index contributed by atoms with van der Waals surface area (Å²) in [6, 6.07) is 13.8. The number of hydrogen-bond donors (Lipinski definition) is 1. The molecular formula is C20H21NO4. The van der Waals surface area contributed by atoms with E-state index in [4.69, 9.17) is 9.47 Å². The lowest BCUT2D eigenvalue weighted by atomic mass is 10.2. The number of esters is 1. The predicted molar refractivity (Wildman–Crippen MR) is 96.7 cm³/mol. The fourth-order valence-electron chi connectivity index (χ4n) is 2.15. The molecule has 130 valence electrons. The molecule has 0 spiro atoms. The number of ether oxygens (including phenoxy) is 2. The van der Waals surface area contributed by atoms with Crippen molar-refractivity contribution in [2.45, 2.75) is 13.8 Å². The normalized spacial score (nSPS) is 10.5. The van der Waals surface area contributed by atoms with Crippen molar-refractivity contribution in [2.75, 3.05) is 13.2 Å². The molecule has 0 saturated carbocycles. The first-order valence-corrected chi connectivity index (χ1v) is 8.14. The van der Waals surface area contributed by atoms with Crippen LogP contribution in [0.15, 0.2) is 54.6 Å². The van der Waals surface area contributed by atoms with Gasteiger partial charge in [0.25, 0.3) is 5.91 Å². The van der Waals surface area contributed by atoms with E-state index in [0.717, 1.165) is 5.56 Å². The number of nitrogens with one attached hydrogen (secondary N) is 1. The summed E-state index contributed by atoms with van der Waals surface area (Å²) in [5.41, 5.74) is 1.32. The Morgan fingerprint density at radius 3 is 2.44 bits per heavy atom. The first-order valence-electron chi connectivity index (χ1n) is 8.14. The summed E-state index contributed by atoms with van der Waals surface area (Å²) in [5.74, 6) is 0.422. The summed E-state index contributed by atoms with van der Waals surface area (Å²) in [4.78, 5) is 23.6. The van der Waals surface area contributed by atoms with E-state index in [-0.39, 0.29) is 5.91 Å². The smallest absolute Gasteiger partial charge is 0.336 e. The van der Waals surface area contributed by atoms with Gasteiger partial charge in [-0.3, -0.25) is 4.79 Å². The Morgan fingerprint density at radius 2 is 1.76 bits per heavy atom. The van der Waals surface area contributed by atoms with Gasteiger partial charge in [0, 0.05) is 23.7 Å². The fourth-order valence-corrected chi connectivity index (χ4v) is 2.15. The van der Waals surface area contributed by atoms with Crippen LogP contribution in [-0.4, -0.2) is 25.0 Å². The molecule has 0 saturated heterocycles. The SMILES string of the molecule is CCNC(=O)c1ccc(OC(=O)/C=C/c2ccccc2OCC)cc1. The van der Waals surface area contributed by atoms with Gasteiger partial charge in [0.15, 0.2) is 0 Å². The highest BCUT2D eigenvalue weighted by Gasteiger charge is 2.06. The van der Waals surface area contributed by atoms with Gasteiger partial charge in [-0.05, 0) is 50.3 Å². The van der Waals surface area contributed by atoms with Gasteiger partial charge in [0.05, 0.1) is 6.61 Å². The Hall–Kier alpha value is -3.08. The summed E-state index contributed by atoms with van der Waals surface area (Å²) in [7, 11) is 0. The highest BCUT2D eigenvalue weighted by atomic mass is 16.5. The summed E-state index contributed by atoms with van der Waals surface area (Å²) in [6.07, 6.45) is 2.99. The lowest BCUT2D eigenvalue weighted by Gasteiger charge is -2.06. The molecule has 0 bridgehead atoms. The van der Waals surface area contributed by atoms with Crippen LogP contribution in [0.5, 0.6) is 11.5 Å². The summed E-state index contributed by atoms with van der Waals surface area (Å²) in [6.45, 7) is 4.86. The average Bonchev–Trinajstić information content (AvgIpc) is 2.62. The van der Waals surface area contributed by atoms with E-state index in [1.54, 1.807) is 30.3 Å². The van der Waals surface area contributed by atoms with Crippen molar-refractivity contribution in [3.63, 3.8) is 0 Å². The van der Waals surface area contributed by atoms with Crippen LogP contribution in [0.2, 0.25) is 0 Å². The van der Waals surface area contributed by atoms with Gasteiger partial charge in [-0.25, -0.2) is 4.79 Å². The lowest BCUT2D eigenvalue weighted by molar-refractivity contribution is -0.128. The zero-order valence-electron chi connectivity index (χ0n) is 14.3. The number of carbonyl (C=O) groups excluding carboxylic acids is 2. The molecule has 0 aliphatic rings. The van der Waals surface area contributed by atoms with Crippen molar-refractivity contribution >= 4 is 18.0 Å². The monoisotopic (exact) mass is 339 g/mol. The van der Waals surface area contributed by atoms with Crippen LogP contribution in [0.1, 0.15) is 29.8 Å². The van der Waals surface area contributed by atoms with E-state index in [1.165, 1.54) is 6.08 Å². The molecular weight excluding hydrogens is 318 g/mol. The Labute approximate surface area is 147 Å². The van der Waals surface area contributed by atoms with Gasteiger partial charge in [-0.15, -0.1) is 0 Å². The average molecular weight is 339 g/mol. The number of benzene rings is 2. The standard InChI is InChI=1S/C20H21NO4/c1-3-21-20(23)16-9-12-17(13-10-16)25-19(22)14-11-15-7-5-6-8-18(15)24-4-2/h5-14H,3-4H2,1-2H3,(H,21,23)/b14-11+. The molecule has 0 unspecified atom stereocenters. The maximum Gasteiger partial charge on any atom is 0.336 e. The maximum atomic E-state index is 11.9. The molecule has 0 radical (unpaired) electrons. The van der Waals surface area contributed by atoms with Crippen LogP contribution in [-0.2, 0) is 4.79 Å². The van der Waals surface area contributed by atoms with E-state index in [1.807, 2.05) is 38.1 Å². The molecule has 25 heavy (non-hydrogen) atoms. The van der Waals surface area contributed by atoms with E-state index in [0.29, 0.717) is 30.2 Å². The van der Waals surface area contributed by atoms with Gasteiger partial charge >= 0.3 is 5.97 Å². The van der Waals surface area contributed by atoms with Gasteiger partial charge in [0.1, 0.15) is 11.5 Å². The molecule has 0 aliphatic carbocycles. The van der Waals surface area contributed by atoms with Crippen molar-refractivity contribution in [1.29, 1.82) is 0 Å². The molecule has 0 heterocycles. The van der Waals surface area contributed by atoms with Crippen molar-refractivity contribution < 1.29 is 19.1 Å². The Balaban J connectivity index is 1.99. The van der Waals surface area contributed by atoms with Crippen LogP contribution in [0, 0.1) is 0 Å². The zero-order chi connectivity index (χ0) is 18.1. The topological polar surface area (TPSA) is 64.6 Å². The van der Waals surface area contributed by atoms with Crippen LogP contribution in [0.3, 0.4) is 0 Å². The Bertz CT molecular complexity index is 751. The molecule has 2 aromatic carbocycles. The lowest BCUT2D eigenvalue weighted by Crippen LogP contribution is -2.22. The quantitative estimate of drug-likeness (QED) is 0.477. The van der Waals surface area contributed by atoms with Gasteiger partial charge in [-0.1, -0.05) is 18.2 Å². The highest BCUT2D eigenvalue weighted by molar-refractivity contribution is 5.94. The molecule has 0 fully saturated rings. The molecule has 5 nitrogen and oxygen atoms in total. The number of hydrogen-bond acceptors (Lipinski definition) is 4. The second-order valence-corrected chi connectivity index (χ2v) is 5.11. The Morgan fingerprint density at radius 1 is 1.04 bits per heavy atom. The third-order valence-corrected chi connectivity index (χ3v) is 3.29. The summed E-state index contributed by atoms with van der Waals surface area (Å²) >= 11 is 0. The van der Waals surface area contributed by atoms with Crippen molar-refractivity contribution in [3.05, 3.63) is 65.7 Å². The van der Waals surface area contributed by atoms with E-state index in [9.17, 15) is 9.59 Å². The van der Waals surface area contributed by atoms with Gasteiger partial charge in [0.2, 0.25) is 0 Å². The largest absolute Gasteiger partial charge is 0.493 e. The second kappa shape index (κ2) is 9.27. The Kier molecular flexibility index (Phi) is 6.77. The first-order chi connectivity index (χ1) is 12.1. The van der Waals surface area contributed by atoms with Gasteiger partial charge < -0.3 is 14.8 Å². The molecule has 0 atom stereocenters. The molecule has 0 aromatic heterocycles. The van der Waals surface area contributed by atoms with E-state index >= 15 is 0 Å². The summed E-state index contributed by atoms with van der Waals surface area (Å²) in [5, 5.41) is 2.71. The fraction of sp³-hybridized carbons (Fsp3) is 0.200. The van der Waals surface area contributed by atoms with E-state index in [2.05, 4.69) is 5.32 Å². The molecule has 1 N–H and O–H groups in total. The molecule has 0 aliphatic heterocycles. The van der Waals surface area contributed by atoms with Crippen molar-refractivity contribution in [3.8, 4) is 11.5 Å². The molecule has 2 aromatic rings. The van der Waals surface area contributed by atoms with Crippen LogP contribution >= 0.6 is 0 Å².